The number of nitrogens with one attached hydrogen (secondary N) is 1. The van der Waals surface area contributed by atoms with Gasteiger partial charge < -0.3 is 16.0 Å². The molecule has 0 amide bonds. The lowest BCUT2D eigenvalue weighted by atomic mass is 10.1. The zero-order chi connectivity index (χ0) is 12.8. The quantitative estimate of drug-likeness (QED) is 0.611. The summed E-state index contributed by atoms with van der Waals surface area (Å²) in [4.78, 5) is 3.70. The molecule has 0 aliphatic heterocycles. The van der Waals surface area contributed by atoms with Gasteiger partial charge in [0.2, 0.25) is 0 Å². The third kappa shape index (κ3) is 4.18. The van der Waals surface area contributed by atoms with Gasteiger partial charge in [-0.25, -0.2) is 0 Å². The van der Waals surface area contributed by atoms with Gasteiger partial charge in [0.1, 0.15) is 4.99 Å². The molecule has 0 fully saturated rings. The molecule has 0 aromatic heterocycles. The number of hydrogen-bond acceptors (Lipinski definition) is 4. The molecule has 0 bridgehead atoms. The van der Waals surface area contributed by atoms with Crippen molar-refractivity contribution < 1.29 is 0 Å². The Morgan fingerprint density at radius 3 is 2.71 bits per heavy atom. The Morgan fingerprint density at radius 2 is 2.18 bits per heavy atom. The van der Waals surface area contributed by atoms with Gasteiger partial charge in [0.25, 0.3) is 0 Å². The molecular formula is C12H19N3S2. The van der Waals surface area contributed by atoms with E-state index in [1.54, 1.807) is 11.8 Å². The van der Waals surface area contributed by atoms with Crippen LogP contribution in [0.5, 0.6) is 0 Å². The summed E-state index contributed by atoms with van der Waals surface area (Å²) in [5, 5.41) is 3.38. The summed E-state index contributed by atoms with van der Waals surface area (Å²) in [5.41, 5.74) is 7.76. The molecule has 0 aliphatic carbocycles. The van der Waals surface area contributed by atoms with Crippen molar-refractivity contribution in [2.24, 2.45) is 5.73 Å². The van der Waals surface area contributed by atoms with Crippen LogP contribution < -0.4 is 11.1 Å². The summed E-state index contributed by atoms with van der Waals surface area (Å²) in [6.07, 6.45) is 2.03. The first-order chi connectivity index (χ1) is 8.06. The number of nitrogens with two attached hydrogens (primary N) is 1. The minimum atomic E-state index is 0.447. The van der Waals surface area contributed by atoms with Crippen LogP contribution in [0.15, 0.2) is 23.1 Å². The third-order valence-electron chi connectivity index (χ3n) is 2.37. The molecule has 0 heterocycles. The summed E-state index contributed by atoms with van der Waals surface area (Å²) in [6.45, 7) is 1.85. The van der Waals surface area contributed by atoms with E-state index in [1.165, 1.54) is 0 Å². The Kier molecular flexibility index (Phi) is 5.74. The minimum absolute atomic E-state index is 0.447. The van der Waals surface area contributed by atoms with E-state index in [0.29, 0.717) is 4.99 Å². The summed E-state index contributed by atoms with van der Waals surface area (Å²) in [7, 11) is 4.10. The fourth-order valence-electron chi connectivity index (χ4n) is 1.52. The zero-order valence-electron chi connectivity index (χ0n) is 10.5. The molecule has 0 saturated carbocycles. The molecule has 1 rings (SSSR count). The first-order valence-electron chi connectivity index (χ1n) is 5.41. The number of thiocarbonyl (C=S) groups is 1. The lowest BCUT2D eigenvalue weighted by Crippen LogP contribution is -2.22. The number of rotatable bonds is 6. The highest BCUT2D eigenvalue weighted by Crippen LogP contribution is 2.26. The zero-order valence-corrected chi connectivity index (χ0v) is 12.1. The Labute approximate surface area is 113 Å². The standard InChI is InChI=1S/C12H19N3S2/c1-15(2)8-7-14-9-5-4-6-10(17-3)11(9)12(13)16/h4-6,14H,7-8H2,1-3H3,(H2,13,16). The van der Waals surface area contributed by atoms with Crippen molar-refractivity contribution in [3.8, 4) is 0 Å². The van der Waals surface area contributed by atoms with E-state index in [0.717, 1.165) is 29.2 Å². The van der Waals surface area contributed by atoms with Gasteiger partial charge in [-0.2, -0.15) is 0 Å². The number of anilines is 1. The van der Waals surface area contributed by atoms with Crippen LogP contribution in [0.2, 0.25) is 0 Å². The molecule has 0 spiro atoms. The first-order valence-corrected chi connectivity index (χ1v) is 7.05. The largest absolute Gasteiger partial charge is 0.389 e. The molecule has 17 heavy (non-hydrogen) atoms. The van der Waals surface area contributed by atoms with Gasteiger partial charge in [-0.1, -0.05) is 18.3 Å². The monoisotopic (exact) mass is 269 g/mol. The van der Waals surface area contributed by atoms with E-state index in [4.69, 9.17) is 18.0 Å². The SMILES string of the molecule is CSc1cccc(NCCN(C)C)c1C(N)=S. The van der Waals surface area contributed by atoms with Crippen molar-refractivity contribution in [3.63, 3.8) is 0 Å². The predicted molar refractivity (Wildman–Crippen MR) is 81.2 cm³/mol. The van der Waals surface area contributed by atoms with E-state index in [1.807, 2.05) is 24.5 Å². The van der Waals surface area contributed by atoms with Gasteiger partial charge in [-0.15, -0.1) is 11.8 Å². The number of nitrogens with zero attached hydrogens (tertiary/aromatic N) is 1. The van der Waals surface area contributed by atoms with Gasteiger partial charge in [-0.05, 0) is 32.5 Å². The van der Waals surface area contributed by atoms with Crippen LogP contribution in [-0.2, 0) is 0 Å². The Balaban J connectivity index is 2.87. The van der Waals surface area contributed by atoms with Crippen LogP contribution in [0.4, 0.5) is 5.69 Å². The molecule has 5 heteroatoms. The molecule has 0 aliphatic rings. The van der Waals surface area contributed by atoms with E-state index in [9.17, 15) is 0 Å². The average molecular weight is 269 g/mol. The summed E-state index contributed by atoms with van der Waals surface area (Å²) in [5.74, 6) is 0. The summed E-state index contributed by atoms with van der Waals surface area (Å²) >= 11 is 6.78. The third-order valence-corrected chi connectivity index (χ3v) is 3.35. The molecular weight excluding hydrogens is 250 g/mol. The normalized spacial score (nSPS) is 10.6. The second-order valence-electron chi connectivity index (χ2n) is 3.98. The smallest absolute Gasteiger partial charge is 0.107 e. The maximum Gasteiger partial charge on any atom is 0.107 e. The van der Waals surface area contributed by atoms with E-state index >= 15 is 0 Å². The van der Waals surface area contributed by atoms with Gasteiger partial charge in [-0.3, -0.25) is 0 Å². The highest BCUT2D eigenvalue weighted by Gasteiger charge is 2.09. The lowest BCUT2D eigenvalue weighted by molar-refractivity contribution is 0.425. The number of thioether (sulfide) groups is 1. The van der Waals surface area contributed by atoms with Crippen molar-refractivity contribution in [2.75, 3.05) is 38.8 Å². The number of benzene rings is 1. The number of likely N-dealkylation sites (N-methyl/N-ethyl adjacent to an activating group) is 1. The fraction of sp³-hybridized carbons (Fsp3) is 0.417. The molecule has 0 radical (unpaired) electrons. The molecule has 3 nitrogen and oxygen atoms in total. The van der Waals surface area contributed by atoms with Crippen LogP contribution in [0.3, 0.4) is 0 Å². The first kappa shape index (κ1) is 14.3. The molecule has 94 valence electrons. The van der Waals surface area contributed by atoms with Crippen molar-refractivity contribution >= 4 is 34.7 Å². The summed E-state index contributed by atoms with van der Waals surface area (Å²) < 4.78 is 0. The summed E-state index contributed by atoms with van der Waals surface area (Å²) in [6, 6.07) is 6.08. The Morgan fingerprint density at radius 1 is 1.47 bits per heavy atom. The van der Waals surface area contributed by atoms with Crippen molar-refractivity contribution in [1.82, 2.24) is 4.90 Å². The maximum absolute atomic E-state index is 5.79. The molecule has 0 unspecified atom stereocenters. The highest BCUT2D eigenvalue weighted by molar-refractivity contribution is 7.98. The van der Waals surface area contributed by atoms with Crippen LogP contribution in [0.1, 0.15) is 5.56 Å². The van der Waals surface area contributed by atoms with Crippen molar-refractivity contribution in [1.29, 1.82) is 0 Å². The lowest BCUT2D eigenvalue weighted by Gasteiger charge is -2.16. The highest BCUT2D eigenvalue weighted by atomic mass is 32.2. The topological polar surface area (TPSA) is 41.3 Å². The second-order valence-corrected chi connectivity index (χ2v) is 5.27. The van der Waals surface area contributed by atoms with E-state index in [2.05, 4.69) is 24.3 Å². The number of hydrogen-bond donors (Lipinski definition) is 2. The van der Waals surface area contributed by atoms with Gasteiger partial charge in [0, 0.05) is 29.2 Å². The van der Waals surface area contributed by atoms with Gasteiger partial charge >= 0.3 is 0 Å². The molecule has 3 N–H and O–H groups in total. The van der Waals surface area contributed by atoms with Gasteiger partial charge in [0.05, 0.1) is 0 Å². The predicted octanol–water partition coefficient (Wildman–Crippen LogP) is 2.02. The van der Waals surface area contributed by atoms with Crippen LogP contribution in [-0.4, -0.2) is 43.3 Å². The van der Waals surface area contributed by atoms with Crippen molar-refractivity contribution in [3.05, 3.63) is 23.8 Å². The Hall–Kier alpha value is -0.780. The van der Waals surface area contributed by atoms with Crippen LogP contribution in [0.25, 0.3) is 0 Å². The average Bonchev–Trinajstić information content (AvgIpc) is 2.27. The van der Waals surface area contributed by atoms with Crippen molar-refractivity contribution in [2.45, 2.75) is 4.90 Å². The molecule has 0 saturated heterocycles. The van der Waals surface area contributed by atoms with E-state index < -0.39 is 0 Å². The van der Waals surface area contributed by atoms with Crippen LogP contribution in [0, 0.1) is 0 Å². The Bertz CT molecular complexity index is 391. The second kappa shape index (κ2) is 6.83. The molecule has 1 aromatic carbocycles. The maximum atomic E-state index is 5.79. The minimum Gasteiger partial charge on any atom is -0.389 e. The molecule has 0 atom stereocenters. The molecule has 1 aromatic rings. The fourth-order valence-corrected chi connectivity index (χ4v) is 2.44. The van der Waals surface area contributed by atoms with Gasteiger partial charge in [0.15, 0.2) is 0 Å². The van der Waals surface area contributed by atoms with E-state index in [-0.39, 0.29) is 0 Å². The van der Waals surface area contributed by atoms with Crippen LogP contribution >= 0.6 is 24.0 Å².